The molecule has 2 aromatic carbocycles. The zero-order valence-electron chi connectivity index (χ0n) is 11.8. The van der Waals surface area contributed by atoms with Crippen LogP contribution in [-0.2, 0) is 4.79 Å². The first-order valence-electron chi connectivity index (χ1n) is 6.51. The highest BCUT2D eigenvalue weighted by Crippen LogP contribution is 2.21. The largest absolute Gasteiger partial charge is 0.483 e. The van der Waals surface area contributed by atoms with Crippen LogP contribution < -0.4 is 10.2 Å². The Morgan fingerprint density at radius 3 is 2.86 bits per heavy atom. The molecule has 4 nitrogen and oxygen atoms in total. The van der Waals surface area contributed by atoms with Gasteiger partial charge in [0.15, 0.2) is 6.61 Å². The minimum absolute atomic E-state index is 0.105. The monoisotopic (exact) mass is 428 g/mol. The Labute approximate surface area is 147 Å². The van der Waals surface area contributed by atoms with Crippen LogP contribution in [0.5, 0.6) is 5.75 Å². The van der Waals surface area contributed by atoms with E-state index in [2.05, 4.69) is 33.1 Å². The van der Waals surface area contributed by atoms with Crippen molar-refractivity contribution >= 4 is 46.3 Å². The molecule has 22 heavy (non-hydrogen) atoms. The van der Waals surface area contributed by atoms with Crippen molar-refractivity contribution in [3.63, 3.8) is 0 Å². The first-order valence-corrected chi connectivity index (χ1v) is 7.97. The molecule has 0 aliphatic carbocycles. The molecule has 0 unspecified atom stereocenters. The van der Waals surface area contributed by atoms with Crippen molar-refractivity contribution in [3.05, 3.63) is 62.2 Å². The van der Waals surface area contributed by atoms with Crippen LogP contribution in [0.3, 0.4) is 0 Å². The summed E-state index contributed by atoms with van der Waals surface area (Å²) in [7, 11) is 0. The lowest BCUT2D eigenvalue weighted by atomic mass is 10.2. The summed E-state index contributed by atoms with van der Waals surface area (Å²) in [5, 5.41) is 4.56. The fraction of sp³-hybridized carbons (Fsp3) is 0.125. The Kier molecular flexibility index (Phi) is 6.21. The fourth-order valence-corrected chi connectivity index (χ4v) is 2.46. The summed E-state index contributed by atoms with van der Waals surface area (Å²) in [4.78, 5) is 11.7. The summed E-state index contributed by atoms with van der Waals surface area (Å²) < 4.78 is 6.50. The Balaban J connectivity index is 1.84. The number of amides is 1. The van der Waals surface area contributed by atoms with E-state index in [0.717, 1.165) is 14.7 Å². The van der Waals surface area contributed by atoms with Crippen LogP contribution in [0.1, 0.15) is 11.1 Å². The number of rotatable bonds is 5. The molecule has 6 heteroatoms. The fourth-order valence-electron chi connectivity index (χ4n) is 1.70. The highest BCUT2D eigenvalue weighted by Gasteiger charge is 2.04. The van der Waals surface area contributed by atoms with Crippen LogP contribution >= 0.6 is 34.2 Å². The standard InChI is InChI=1S/C16H14ClIN2O2/c1-11-8-13(17)6-7-15(11)22-10-16(21)20-19-9-12-4-2-3-5-14(12)18/h2-9H,10H2,1H3,(H,20,21)/b19-9+. The van der Waals surface area contributed by atoms with Gasteiger partial charge in [-0.1, -0.05) is 29.8 Å². The van der Waals surface area contributed by atoms with Gasteiger partial charge in [0.2, 0.25) is 0 Å². The molecule has 0 aromatic heterocycles. The predicted molar refractivity (Wildman–Crippen MR) is 96.6 cm³/mol. The maximum absolute atomic E-state index is 11.7. The lowest BCUT2D eigenvalue weighted by molar-refractivity contribution is -0.123. The van der Waals surface area contributed by atoms with Crippen molar-refractivity contribution in [3.8, 4) is 5.75 Å². The molecule has 0 radical (unpaired) electrons. The first kappa shape index (κ1) is 16.8. The highest BCUT2D eigenvalue weighted by molar-refractivity contribution is 14.1. The van der Waals surface area contributed by atoms with Crippen LogP contribution in [0.15, 0.2) is 47.6 Å². The summed E-state index contributed by atoms with van der Waals surface area (Å²) in [6, 6.07) is 13.0. The van der Waals surface area contributed by atoms with Crippen molar-refractivity contribution in [2.75, 3.05) is 6.61 Å². The molecule has 0 atom stereocenters. The number of carbonyl (C=O) groups excluding carboxylic acids is 1. The van der Waals surface area contributed by atoms with E-state index < -0.39 is 0 Å². The SMILES string of the molecule is Cc1cc(Cl)ccc1OCC(=O)N/N=C/c1ccccc1I. The van der Waals surface area contributed by atoms with Crippen LogP contribution in [0.25, 0.3) is 0 Å². The van der Waals surface area contributed by atoms with E-state index in [4.69, 9.17) is 16.3 Å². The lowest BCUT2D eigenvalue weighted by Gasteiger charge is -2.08. The smallest absolute Gasteiger partial charge is 0.277 e. The molecule has 0 aliphatic rings. The Morgan fingerprint density at radius 2 is 2.14 bits per heavy atom. The molecule has 2 aromatic rings. The van der Waals surface area contributed by atoms with Crippen molar-refractivity contribution in [2.45, 2.75) is 6.92 Å². The number of halogens is 2. The number of hydrogen-bond acceptors (Lipinski definition) is 3. The second-order valence-electron chi connectivity index (χ2n) is 4.51. The van der Waals surface area contributed by atoms with Crippen molar-refractivity contribution in [2.24, 2.45) is 5.10 Å². The predicted octanol–water partition coefficient (Wildman–Crippen LogP) is 3.78. The third-order valence-corrected chi connectivity index (χ3v) is 4.01. The van der Waals surface area contributed by atoms with Gasteiger partial charge in [0.05, 0.1) is 6.21 Å². The van der Waals surface area contributed by atoms with Gasteiger partial charge in [-0.05, 0) is 59.3 Å². The summed E-state index contributed by atoms with van der Waals surface area (Å²) in [5.74, 6) is 0.303. The van der Waals surface area contributed by atoms with Crippen molar-refractivity contribution < 1.29 is 9.53 Å². The number of carbonyl (C=O) groups is 1. The van der Waals surface area contributed by atoms with Crippen molar-refractivity contribution in [1.29, 1.82) is 0 Å². The number of ether oxygens (including phenoxy) is 1. The van der Waals surface area contributed by atoms with Gasteiger partial charge in [-0.2, -0.15) is 5.10 Å². The van der Waals surface area contributed by atoms with Gasteiger partial charge >= 0.3 is 0 Å². The van der Waals surface area contributed by atoms with Gasteiger partial charge in [0.25, 0.3) is 5.91 Å². The molecular formula is C16H14ClIN2O2. The van der Waals surface area contributed by atoms with E-state index in [9.17, 15) is 4.79 Å². The Hall–Kier alpha value is -1.60. The average Bonchev–Trinajstić information content (AvgIpc) is 2.48. The van der Waals surface area contributed by atoms with E-state index >= 15 is 0 Å². The van der Waals surface area contributed by atoms with Crippen LogP contribution in [0.4, 0.5) is 0 Å². The lowest BCUT2D eigenvalue weighted by Crippen LogP contribution is -2.24. The summed E-state index contributed by atoms with van der Waals surface area (Å²) in [5.41, 5.74) is 4.26. The van der Waals surface area contributed by atoms with Crippen LogP contribution in [0.2, 0.25) is 5.02 Å². The number of benzene rings is 2. The third kappa shape index (κ3) is 4.99. The topological polar surface area (TPSA) is 50.7 Å². The second-order valence-corrected chi connectivity index (χ2v) is 6.11. The van der Waals surface area contributed by atoms with E-state index in [1.54, 1.807) is 24.4 Å². The molecule has 0 spiro atoms. The van der Waals surface area contributed by atoms with E-state index in [-0.39, 0.29) is 12.5 Å². The quantitative estimate of drug-likeness (QED) is 0.448. The van der Waals surface area contributed by atoms with Gasteiger partial charge in [0.1, 0.15) is 5.75 Å². The number of hydrazone groups is 1. The molecule has 2 rings (SSSR count). The first-order chi connectivity index (χ1) is 10.6. The number of hydrogen-bond donors (Lipinski definition) is 1. The minimum atomic E-state index is -0.323. The number of nitrogens with zero attached hydrogens (tertiary/aromatic N) is 1. The average molecular weight is 429 g/mol. The maximum Gasteiger partial charge on any atom is 0.277 e. The zero-order chi connectivity index (χ0) is 15.9. The van der Waals surface area contributed by atoms with Gasteiger partial charge in [0, 0.05) is 14.2 Å². The number of aryl methyl sites for hydroxylation is 1. The summed E-state index contributed by atoms with van der Waals surface area (Å²) in [6.45, 7) is 1.76. The van der Waals surface area contributed by atoms with Crippen LogP contribution in [-0.4, -0.2) is 18.7 Å². The summed E-state index contributed by atoms with van der Waals surface area (Å²) >= 11 is 8.07. The molecular weight excluding hydrogens is 415 g/mol. The normalized spacial score (nSPS) is 10.7. The van der Waals surface area contributed by atoms with Crippen LogP contribution in [0, 0.1) is 10.5 Å². The molecule has 114 valence electrons. The summed E-state index contributed by atoms with van der Waals surface area (Å²) in [6.07, 6.45) is 1.60. The molecule has 0 saturated carbocycles. The van der Waals surface area contributed by atoms with Gasteiger partial charge < -0.3 is 4.74 Å². The van der Waals surface area contributed by atoms with E-state index in [1.165, 1.54) is 0 Å². The Bertz CT molecular complexity index is 704. The Morgan fingerprint density at radius 1 is 1.36 bits per heavy atom. The maximum atomic E-state index is 11.7. The molecule has 0 heterocycles. The van der Waals surface area contributed by atoms with Gasteiger partial charge in [-0.25, -0.2) is 5.43 Å². The number of nitrogens with one attached hydrogen (secondary N) is 1. The van der Waals surface area contributed by atoms with Crippen molar-refractivity contribution in [1.82, 2.24) is 5.43 Å². The van der Waals surface area contributed by atoms with Gasteiger partial charge in [-0.3, -0.25) is 4.79 Å². The highest BCUT2D eigenvalue weighted by atomic mass is 127. The van der Waals surface area contributed by atoms with Gasteiger partial charge in [-0.15, -0.1) is 0 Å². The molecule has 1 amide bonds. The molecule has 0 saturated heterocycles. The minimum Gasteiger partial charge on any atom is -0.483 e. The van der Waals surface area contributed by atoms with E-state index in [1.807, 2.05) is 31.2 Å². The molecule has 0 aliphatic heterocycles. The van der Waals surface area contributed by atoms with E-state index in [0.29, 0.717) is 10.8 Å². The molecule has 0 fully saturated rings. The second kappa shape index (κ2) is 8.14. The third-order valence-electron chi connectivity index (χ3n) is 2.79. The zero-order valence-corrected chi connectivity index (χ0v) is 14.8. The molecule has 1 N–H and O–H groups in total. The molecule has 0 bridgehead atoms.